The van der Waals surface area contributed by atoms with E-state index in [-0.39, 0.29) is 28.6 Å². The zero-order chi connectivity index (χ0) is 16.4. The van der Waals surface area contributed by atoms with Crippen molar-refractivity contribution in [2.45, 2.75) is 39.0 Å². The van der Waals surface area contributed by atoms with Crippen molar-refractivity contribution in [1.29, 1.82) is 0 Å². The molecule has 0 radical (unpaired) electrons. The Morgan fingerprint density at radius 2 is 1.95 bits per heavy atom. The molecule has 1 aromatic rings. The van der Waals surface area contributed by atoms with Crippen LogP contribution in [0, 0.1) is 12.3 Å². The van der Waals surface area contributed by atoms with E-state index >= 15 is 0 Å². The van der Waals surface area contributed by atoms with Gasteiger partial charge in [-0.15, -0.1) is 0 Å². The number of aryl methyl sites for hydroxylation is 2. The molecule has 0 spiro atoms. The molecule has 1 heterocycles. The number of halogens is 1. The summed E-state index contributed by atoms with van der Waals surface area (Å²) in [6.45, 7) is 8.06. The Morgan fingerprint density at radius 1 is 1.38 bits per heavy atom. The van der Waals surface area contributed by atoms with Gasteiger partial charge in [0.1, 0.15) is 10.0 Å². The molecule has 0 amide bonds. The van der Waals surface area contributed by atoms with Crippen LogP contribution in [0.3, 0.4) is 0 Å². The van der Waals surface area contributed by atoms with E-state index in [4.69, 9.17) is 16.7 Å². The minimum atomic E-state index is -3.74. The van der Waals surface area contributed by atoms with Crippen molar-refractivity contribution in [2.75, 3.05) is 19.7 Å². The van der Waals surface area contributed by atoms with Gasteiger partial charge in [-0.05, 0) is 18.8 Å². The molecule has 0 atom stereocenters. The van der Waals surface area contributed by atoms with Crippen LogP contribution in [0.15, 0.2) is 4.90 Å². The van der Waals surface area contributed by atoms with Gasteiger partial charge in [-0.1, -0.05) is 32.4 Å². The van der Waals surface area contributed by atoms with Crippen LogP contribution in [0.1, 0.15) is 32.9 Å². The lowest BCUT2D eigenvalue weighted by atomic mass is 9.97. The van der Waals surface area contributed by atoms with Gasteiger partial charge in [0.05, 0.1) is 5.69 Å². The molecule has 0 saturated carbocycles. The molecule has 0 bridgehead atoms. The Kier molecular flexibility index (Phi) is 5.83. The molecule has 21 heavy (non-hydrogen) atoms. The fraction of sp³-hybridized carbons (Fsp3) is 0.769. The third-order valence-corrected chi connectivity index (χ3v) is 5.46. The number of hydrogen-bond donors (Lipinski definition) is 1. The molecule has 8 heteroatoms. The maximum absolute atomic E-state index is 12.9. The Balaban J connectivity index is 3.26. The third-order valence-electron chi connectivity index (χ3n) is 2.91. The van der Waals surface area contributed by atoms with Crippen LogP contribution in [-0.4, -0.2) is 47.3 Å². The number of hydrogen-bond acceptors (Lipinski definition) is 4. The fourth-order valence-corrected chi connectivity index (χ4v) is 4.50. The van der Waals surface area contributed by atoms with Crippen LogP contribution in [0.25, 0.3) is 0 Å². The topological polar surface area (TPSA) is 75.4 Å². The minimum Gasteiger partial charge on any atom is -0.396 e. The highest BCUT2D eigenvalue weighted by atomic mass is 35.5. The van der Waals surface area contributed by atoms with E-state index in [1.807, 2.05) is 20.8 Å². The Hall–Kier alpha value is -0.630. The predicted molar refractivity (Wildman–Crippen MR) is 82.9 cm³/mol. The summed E-state index contributed by atoms with van der Waals surface area (Å²) in [6.07, 6.45) is 0.381. The third kappa shape index (κ3) is 4.42. The highest BCUT2D eigenvalue weighted by molar-refractivity contribution is 7.89. The largest absolute Gasteiger partial charge is 0.396 e. The number of aliphatic hydroxyl groups is 1. The summed E-state index contributed by atoms with van der Waals surface area (Å²) in [6, 6.07) is 0. The summed E-state index contributed by atoms with van der Waals surface area (Å²) in [5, 5.41) is 13.2. The lowest BCUT2D eigenvalue weighted by Gasteiger charge is -2.29. The lowest BCUT2D eigenvalue weighted by molar-refractivity contribution is 0.241. The first kappa shape index (κ1) is 18.4. The molecule has 0 aliphatic rings. The fourth-order valence-electron chi connectivity index (χ4n) is 2.09. The molecule has 1 N–H and O–H groups in total. The zero-order valence-electron chi connectivity index (χ0n) is 13.2. The van der Waals surface area contributed by atoms with Gasteiger partial charge in [-0.25, -0.2) is 8.42 Å². The van der Waals surface area contributed by atoms with Crippen LogP contribution in [0.4, 0.5) is 0 Å². The number of aliphatic hydroxyl groups excluding tert-OH is 1. The van der Waals surface area contributed by atoms with Crippen LogP contribution in [0.2, 0.25) is 5.15 Å². The molecule has 122 valence electrons. The summed E-state index contributed by atoms with van der Waals surface area (Å²) in [5.74, 6) is 0. The first-order chi connectivity index (χ1) is 9.50. The van der Waals surface area contributed by atoms with E-state index in [0.29, 0.717) is 18.7 Å². The van der Waals surface area contributed by atoms with Gasteiger partial charge in [-0.2, -0.15) is 9.40 Å². The number of nitrogens with zero attached hydrogens (tertiary/aromatic N) is 3. The zero-order valence-corrected chi connectivity index (χ0v) is 14.8. The standard InChI is InChI=1S/C13H24ClN3O3S/c1-10-11(12(14)16(5)15-10)21(19,20)17(7-6-8-18)9-13(2,3)4/h18H,6-9H2,1-5H3. The van der Waals surface area contributed by atoms with E-state index in [9.17, 15) is 8.42 Å². The molecule has 0 aromatic carbocycles. The van der Waals surface area contributed by atoms with Crippen molar-refractivity contribution in [1.82, 2.24) is 14.1 Å². The van der Waals surface area contributed by atoms with Crippen molar-refractivity contribution < 1.29 is 13.5 Å². The summed E-state index contributed by atoms with van der Waals surface area (Å²) < 4.78 is 28.5. The lowest BCUT2D eigenvalue weighted by Crippen LogP contribution is -2.39. The molecule has 0 aliphatic carbocycles. The van der Waals surface area contributed by atoms with Crippen molar-refractivity contribution >= 4 is 21.6 Å². The second kappa shape index (κ2) is 6.64. The molecule has 0 fully saturated rings. The van der Waals surface area contributed by atoms with Gasteiger partial charge in [0.15, 0.2) is 0 Å². The molecule has 6 nitrogen and oxygen atoms in total. The number of sulfonamides is 1. The Bertz CT molecular complexity index is 591. The van der Waals surface area contributed by atoms with Crippen molar-refractivity contribution in [2.24, 2.45) is 12.5 Å². The van der Waals surface area contributed by atoms with Crippen molar-refractivity contribution in [3.8, 4) is 0 Å². The Labute approximate surface area is 131 Å². The van der Waals surface area contributed by atoms with Gasteiger partial charge < -0.3 is 5.11 Å². The summed E-state index contributed by atoms with van der Waals surface area (Å²) in [5.41, 5.74) is 0.177. The van der Waals surface area contributed by atoms with E-state index in [1.165, 1.54) is 8.99 Å². The van der Waals surface area contributed by atoms with Gasteiger partial charge in [0, 0.05) is 26.7 Å². The predicted octanol–water partition coefficient (Wildman–Crippen LogP) is 1.80. The van der Waals surface area contributed by atoms with Gasteiger partial charge in [-0.3, -0.25) is 4.68 Å². The average molecular weight is 338 g/mol. The normalized spacial score (nSPS) is 13.1. The molecule has 1 rings (SSSR count). The van der Waals surface area contributed by atoms with E-state index in [1.54, 1.807) is 14.0 Å². The second-order valence-electron chi connectivity index (χ2n) is 6.31. The van der Waals surface area contributed by atoms with Crippen LogP contribution in [-0.2, 0) is 17.1 Å². The highest BCUT2D eigenvalue weighted by Gasteiger charge is 2.33. The monoisotopic (exact) mass is 337 g/mol. The summed E-state index contributed by atoms with van der Waals surface area (Å²) in [7, 11) is -2.13. The van der Waals surface area contributed by atoms with Gasteiger partial charge in [0.2, 0.25) is 10.0 Å². The molecular weight excluding hydrogens is 314 g/mol. The van der Waals surface area contributed by atoms with E-state index < -0.39 is 10.0 Å². The first-order valence-electron chi connectivity index (χ1n) is 6.81. The van der Waals surface area contributed by atoms with Gasteiger partial charge >= 0.3 is 0 Å². The van der Waals surface area contributed by atoms with Crippen LogP contribution < -0.4 is 0 Å². The van der Waals surface area contributed by atoms with Gasteiger partial charge in [0.25, 0.3) is 0 Å². The number of aromatic nitrogens is 2. The van der Waals surface area contributed by atoms with Crippen LogP contribution >= 0.6 is 11.6 Å². The maximum Gasteiger partial charge on any atom is 0.248 e. The molecule has 1 aromatic heterocycles. The quantitative estimate of drug-likeness (QED) is 0.858. The molecule has 0 aliphatic heterocycles. The maximum atomic E-state index is 12.9. The minimum absolute atomic E-state index is 0.0499. The van der Waals surface area contributed by atoms with E-state index in [0.717, 1.165) is 0 Å². The molecular formula is C13H24ClN3O3S. The smallest absolute Gasteiger partial charge is 0.248 e. The van der Waals surface area contributed by atoms with Crippen molar-refractivity contribution in [3.05, 3.63) is 10.8 Å². The van der Waals surface area contributed by atoms with Crippen molar-refractivity contribution in [3.63, 3.8) is 0 Å². The Morgan fingerprint density at radius 3 is 2.33 bits per heavy atom. The molecule has 0 saturated heterocycles. The summed E-state index contributed by atoms with van der Waals surface area (Å²) >= 11 is 6.09. The second-order valence-corrected chi connectivity index (χ2v) is 8.54. The first-order valence-corrected chi connectivity index (χ1v) is 8.62. The van der Waals surface area contributed by atoms with E-state index in [2.05, 4.69) is 5.10 Å². The summed E-state index contributed by atoms with van der Waals surface area (Å²) in [4.78, 5) is 0.0499. The highest BCUT2D eigenvalue weighted by Crippen LogP contribution is 2.29. The SMILES string of the molecule is Cc1nn(C)c(Cl)c1S(=O)(=O)N(CCCO)CC(C)(C)C. The molecule has 0 unspecified atom stereocenters. The average Bonchev–Trinajstić information content (AvgIpc) is 2.57. The van der Waals surface area contributed by atoms with Crippen LogP contribution in [0.5, 0.6) is 0 Å². The number of rotatable bonds is 6.